The predicted molar refractivity (Wildman–Crippen MR) is 93.8 cm³/mol. The van der Waals surface area contributed by atoms with Gasteiger partial charge in [0.05, 0.1) is 4.99 Å². The van der Waals surface area contributed by atoms with Crippen LogP contribution in [0.15, 0.2) is 0 Å². The first-order valence-electron chi connectivity index (χ1n) is 7.62. The smallest absolute Gasteiger partial charge is 0.216 e. The molecule has 2 N–H and O–H groups in total. The van der Waals surface area contributed by atoms with Gasteiger partial charge < -0.3 is 15.4 Å². The van der Waals surface area contributed by atoms with Crippen molar-refractivity contribution in [1.82, 2.24) is 10.6 Å². The van der Waals surface area contributed by atoms with Crippen LogP contribution in [-0.4, -0.2) is 40.3 Å². The Labute approximate surface area is 138 Å². The Balaban J connectivity index is 2.59. The Morgan fingerprint density at radius 2 is 2.14 bits per heavy atom. The van der Waals surface area contributed by atoms with E-state index in [4.69, 9.17) is 17.0 Å². The van der Waals surface area contributed by atoms with Gasteiger partial charge in [-0.05, 0) is 46.5 Å². The summed E-state index contributed by atoms with van der Waals surface area (Å²) in [5.41, 5.74) is 0.268. The zero-order valence-electron chi connectivity index (χ0n) is 13.5. The van der Waals surface area contributed by atoms with Crippen LogP contribution in [0.2, 0.25) is 0 Å². The zero-order chi connectivity index (χ0) is 15.9. The minimum atomic E-state index is -0.0133. The lowest BCUT2D eigenvalue weighted by molar-refractivity contribution is -0.118. The van der Waals surface area contributed by atoms with Crippen molar-refractivity contribution in [2.75, 3.05) is 13.2 Å². The fourth-order valence-electron chi connectivity index (χ4n) is 2.46. The number of carbonyl (C=O) groups excluding carboxylic acids is 1. The van der Waals surface area contributed by atoms with Gasteiger partial charge in [-0.2, -0.15) is 0 Å². The molecule has 1 heterocycles. The molecular formula is C15H28N2O2S2. The van der Waals surface area contributed by atoms with Crippen LogP contribution < -0.4 is 10.6 Å². The van der Waals surface area contributed by atoms with Crippen LogP contribution in [0.4, 0.5) is 0 Å². The van der Waals surface area contributed by atoms with Crippen LogP contribution in [0.1, 0.15) is 53.4 Å². The Morgan fingerprint density at radius 1 is 1.43 bits per heavy atom. The van der Waals surface area contributed by atoms with Crippen LogP contribution in [0.3, 0.4) is 0 Å². The number of rotatable bonds is 7. The molecule has 0 bridgehead atoms. The van der Waals surface area contributed by atoms with Gasteiger partial charge in [0.2, 0.25) is 5.91 Å². The van der Waals surface area contributed by atoms with E-state index in [1.807, 2.05) is 18.7 Å². The van der Waals surface area contributed by atoms with Gasteiger partial charge in [0.25, 0.3) is 0 Å². The molecule has 2 atom stereocenters. The summed E-state index contributed by atoms with van der Waals surface area (Å²) >= 11 is 7.08. The third kappa shape index (κ3) is 7.47. The van der Waals surface area contributed by atoms with Gasteiger partial charge in [0.15, 0.2) is 0 Å². The number of hydrogen-bond donors (Lipinski definition) is 2. The van der Waals surface area contributed by atoms with E-state index >= 15 is 0 Å². The molecule has 0 spiro atoms. The van der Waals surface area contributed by atoms with E-state index in [1.54, 1.807) is 6.92 Å². The number of amides is 1. The third-order valence-electron chi connectivity index (χ3n) is 3.60. The van der Waals surface area contributed by atoms with Crippen molar-refractivity contribution in [1.29, 1.82) is 0 Å². The van der Waals surface area contributed by atoms with Crippen molar-refractivity contribution >= 4 is 34.9 Å². The summed E-state index contributed by atoms with van der Waals surface area (Å²) in [5, 5.41) is 6.25. The topological polar surface area (TPSA) is 50.4 Å². The quantitative estimate of drug-likeness (QED) is 0.702. The first-order valence-corrected chi connectivity index (χ1v) is 8.91. The largest absolute Gasteiger partial charge is 0.376 e. The molecule has 122 valence electrons. The molecule has 4 nitrogen and oxygen atoms in total. The molecule has 21 heavy (non-hydrogen) atoms. The third-order valence-corrected chi connectivity index (χ3v) is 5.24. The monoisotopic (exact) mass is 332 g/mol. The maximum absolute atomic E-state index is 11.0. The van der Waals surface area contributed by atoms with E-state index in [9.17, 15) is 4.79 Å². The molecule has 0 aromatic rings. The minimum Gasteiger partial charge on any atom is -0.376 e. The first kappa shape index (κ1) is 18.7. The van der Waals surface area contributed by atoms with E-state index in [0.29, 0.717) is 6.54 Å². The highest BCUT2D eigenvalue weighted by molar-refractivity contribution is 8.01. The van der Waals surface area contributed by atoms with Gasteiger partial charge in [-0.25, -0.2) is 0 Å². The van der Waals surface area contributed by atoms with Crippen molar-refractivity contribution in [2.45, 2.75) is 69.6 Å². The second-order valence-corrected chi connectivity index (χ2v) is 8.47. The lowest BCUT2D eigenvalue weighted by Gasteiger charge is -2.38. The lowest BCUT2D eigenvalue weighted by atomic mass is 9.99. The van der Waals surface area contributed by atoms with Crippen molar-refractivity contribution in [3.8, 4) is 0 Å². The minimum absolute atomic E-state index is 0.00824. The first-order chi connectivity index (χ1) is 9.81. The maximum Gasteiger partial charge on any atom is 0.216 e. The molecule has 0 aliphatic carbocycles. The molecule has 1 rings (SSSR count). The van der Waals surface area contributed by atoms with Gasteiger partial charge in [0.1, 0.15) is 5.44 Å². The fourth-order valence-corrected chi connectivity index (χ4v) is 4.07. The summed E-state index contributed by atoms with van der Waals surface area (Å²) in [4.78, 5) is 11.8. The molecule has 1 fully saturated rings. The Bertz CT molecular complexity index is 356. The average molecular weight is 333 g/mol. The molecule has 0 saturated carbocycles. The van der Waals surface area contributed by atoms with Crippen molar-refractivity contribution in [3.63, 3.8) is 0 Å². The van der Waals surface area contributed by atoms with E-state index in [-0.39, 0.29) is 22.1 Å². The molecule has 1 aliphatic heterocycles. The number of thiocarbonyl (C=S) groups is 1. The lowest BCUT2D eigenvalue weighted by Crippen LogP contribution is -2.49. The molecule has 0 radical (unpaired) electrons. The molecule has 0 aromatic carbocycles. The summed E-state index contributed by atoms with van der Waals surface area (Å²) in [6, 6.07) is 0.206. The molecule has 1 amide bonds. The van der Waals surface area contributed by atoms with Gasteiger partial charge >= 0.3 is 0 Å². The zero-order valence-corrected chi connectivity index (χ0v) is 15.2. The van der Waals surface area contributed by atoms with Crippen LogP contribution in [0, 0.1) is 0 Å². The van der Waals surface area contributed by atoms with Crippen LogP contribution in [0.5, 0.6) is 0 Å². The van der Waals surface area contributed by atoms with Gasteiger partial charge in [0, 0.05) is 30.9 Å². The fraction of sp³-hybridized carbons (Fsp3) is 0.867. The van der Waals surface area contributed by atoms with Crippen molar-refractivity contribution < 1.29 is 9.53 Å². The van der Waals surface area contributed by atoms with E-state index < -0.39 is 0 Å². The summed E-state index contributed by atoms with van der Waals surface area (Å²) in [6.45, 7) is 9.41. The van der Waals surface area contributed by atoms with Crippen LogP contribution in [-0.2, 0) is 9.53 Å². The molecule has 6 heteroatoms. The summed E-state index contributed by atoms with van der Waals surface area (Å²) in [6.07, 6.45) is 4.37. The van der Waals surface area contributed by atoms with Gasteiger partial charge in [-0.15, -0.1) is 11.8 Å². The molecule has 1 saturated heterocycles. The predicted octanol–water partition coefficient (Wildman–Crippen LogP) is 2.86. The molecule has 0 aromatic heterocycles. The normalized spacial score (nSPS) is 20.7. The van der Waals surface area contributed by atoms with Crippen molar-refractivity contribution in [3.05, 3.63) is 0 Å². The SMILES string of the molecule is CC(=O)NCCC(NC(C)=S)C(C)(C)SC1CCCCO1. The number of thioether (sulfide) groups is 1. The highest BCUT2D eigenvalue weighted by atomic mass is 32.2. The van der Waals surface area contributed by atoms with E-state index in [1.165, 1.54) is 12.8 Å². The highest BCUT2D eigenvalue weighted by Gasteiger charge is 2.33. The summed E-state index contributed by atoms with van der Waals surface area (Å²) < 4.78 is 5.83. The highest BCUT2D eigenvalue weighted by Crippen LogP contribution is 2.37. The van der Waals surface area contributed by atoms with Crippen molar-refractivity contribution in [2.24, 2.45) is 0 Å². The second kappa shape index (κ2) is 8.96. The molecule has 2 unspecified atom stereocenters. The van der Waals surface area contributed by atoms with Gasteiger partial charge in [-0.3, -0.25) is 4.79 Å². The van der Waals surface area contributed by atoms with Crippen LogP contribution >= 0.6 is 24.0 Å². The number of ether oxygens (including phenoxy) is 1. The second-order valence-electron chi connectivity index (χ2n) is 6.04. The number of carbonyl (C=O) groups is 1. The molecule has 1 aliphatic rings. The average Bonchev–Trinajstić information content (AvgIpc) is 2.37. The van der Waals surface area contributed by atoms with E-state index in [0.717, 1.165) is 24.4 Å². The Kier molecular flexibility index (Phi) is 7.98. The molecular weight excluding hydrogens is 304 g/mol. The van der Waals surface area contributed by atoms with Gasteiger partial charge in [-0.1, -0.05) is 12.2 Å². The Hall–Kier alpha value is -0.330. The standard InChI is InChI=1S/C15H28N2O2S2/c1-11(18)16-9-8-13(17-12(2)20)15(3,4)21-14-7-5-6-10-19-14/h13-14H,5-10H2,1-4H3,(H,16,18)(H,17,20). The number of nitrogens with one attached hydrogen (secondary N) is 2. The Morgan fingerprint density at radius 3 is 2.67 bits per heavy atom. The maximum atomic E-state index is 11.0. The summed E-state index contributed by atoms with van der Waals surface area (Å²) in [5.74, 6) is 0.00824. The number of hydrogen-bond acceptors (Lipinski definition) is 4. The summed E-state index contributed by atoms with van der Waals surface area (Å²) in [7, 11) is 0. The van der Waals surface area contributed by atoms with Crippen LogP contribution in [0.25, 0.3) is 0 Å². The van der Waals surface area contributed by atoms with E-state index in [2.05, 4.69) is 24.5 Å².